The number of hydrogen-bond donors (Lipinski definition) is 1. The lowest BCUT2D eigenvalue weighted by Crippen LogP contribution is -2.32. The Labute approximate surface area is 158 Å². The lowest BCUT2D eigenvalue weighted by Gasteiger charge is -2.19. The second kappa shape index (κ2) is 9.25. The van der Waals surface area contributed by atoms with E-state index in [9.17, 15) is 9.59 Å². The van der Waals surface area contributed by atoms with Crippen LogP contribution in [0.15, 0.2) is 42.5 Å². The summed E-state index contributed by atoms with van der Waals surface area (Å²) in [5.41, 5.74) is 2.57. The molecule has 138 valence electrons. The van der Waals surface area contributed by atoms with E-state index in [1.807, 2.05) is 25.1 Å². The molecule has 0 spiro atoms. The van der Waals surface area contributed by atoms with Crippen LogP contribution in [0.1, 0.15) is 27.9 Å². The summed E-state index contributed by atoms with van der Waals surface area (Å²) in [6.07, 6.45) is 0.226. The molecule has 0 heterocycles. The highest BCUT2D eigenvalue weighted by atomic mass is 35.5. The average Bonchev–Trinajstić information content (AvgIpc) is 2.62. The Balaban J connectivity index is 1.84. The molecule has 2 aromatic rings. The molecule has 2 rings (SSSR count). The molecule has 26 heavy (non-hydrogen) atoms. The number of carbonyl (C=O) groups is 2. The van der Waals surface area contributed by atoms with E-state index >= 15 is 0 Å². The lowest BCUT2D eigenvalue weighted by molar-refractivity contribution is -0.130. The number of benzene rings is 2. The van der Waals surface area contributed by atoms with E-state index in [1.54, 1.807) is 43.3 Å². The summed E-state index contributed by atoms with van der Waals surface area (Å²) < 4.78 is 5.35. The van der Waals surface area contributed by atoms with Crippen LogP contribution >= 0.6 is 11.6 Å². The number of hydrogen-bond acceptors (Lipinski definition) is 3. The minimum absolute atomic E-state index is 0.0510. The van der Waals surface area contributed by atoms with Crippen molar-refractivity contribution in [3.8, 4) is 5.75 Å². The fourth-order valence-electron chi connectivity index (χ4n) is 2.55. The zero-order chi connectivity index (χ0) is 19.1. The van der Waals surface area contributed by atoms with E-state index in [2.05, 4.69) is 5.32 Å². The Bertz CT molecular complexity index is 775. The number of amides is 2. The van der Waals surface area contributed by atoms with Crippen LogP contribution < -0.4 is 10.1 Å². The van der Waals surface area contributed by atoms with Gasteiger partial charge in [0.05, 0.1) is 7.11 Å². The number of aryl methyl sites for hydroxylation is 1. The van der Waals surface area contributed by atoms with Gasteiger partial charge in [-0.25, -0.2) is 0 Å². The van der Waals surface area contributed by atoms with Crippen molar-refractivity contribution in [2.75, 3.05) is 20.7 Å². The predicted octanol–water partition coefficient (Wildman–Crippen LogP) is 3.44. The van der Waals surface area contributed by atoms with Gasteiger partial charge in [0.25, 0.3) is 5.91 Å². The molecule has 0 aliphatic heterocycles. The number of halogens is 1. The minimum atomic E-state index is -0.225. The van der Waals surface area contributed by atoms with Gasteiger partial charge in [-0.05, 0) is 37.3 Å². The summed E-state index contributed by atoms with van der Waals surface area (Å²) in [5, 5.41) is 3.32. The van der Waals surface area contributed by atoms with E-state index in [4.69, 9.17) is 16.3 Å². The van der Waals surface area contributed by atoms with E-state index in [1.165, 1.54) is 0 Å². The van der Waals surface area contributed by atoms with Gasteiger partial charge in [0.2, 0.25) is 5.91 Å². The van der Waals surface area contributed by atoms with Gasteiger partial charge in [0.15, 0.2) is 0 Å². The Kier molecular flexibility index (Phi) is 7.04. The summed E-state index contributed by atoms with van der Waals surface area (Å²) in [5.74, 6) is 0.480. The monoisotopic (exact) mass is 374 g/mol. The second-order valence-corrected chi connectivity index (χ2v) is 6.51. The second-order valence-electron chi connectivity index (χ2n) is 6.08. The summed E-state index contributed by atoms with van der Waals surface area (Å²) in [6.45, 7) is 2.72. The largest absolute Gasteiger partial charge is 0.496 e. The first-order chi connectivity index (χ1) is 12.4. The standard InChI is InChI=1S/C20H23ClN2O3/c1-14-4-9-18(26-3)16(12-14)13-23(2)19(24)10-11-22-20(25)15-5-7-17(21)8-6-15/h4-9,12H,10-11,13H2,1-3H3,(H,22,25). The van der Waals surface area contributed by atoms with Crippen LogP contribution in [0.5, 0.6) is 5.75 Å². The summed E-state index contributed by atoms with van der Waals surface area (Å²) in [6, 6.07) is 12.5. The quantitative estimate of drug-likeness (QED) is 0.807. The van der Waals surface area contributed by atoms with Crippen LogP contribution in [0, 0.1) is 6.92 Å². The highest BCUT2D eigenvalue weighted by Gasteiger charge is 2.13. The Hall–Kier alpha value is -2.53. The first kappa shape index (κ1) is 19.8. The van der Waals surface area contributed by atoms with Gasteiger partial charge in [-0.3, -0.25) is 9.59 Å². The van der Waals surface area contributed by atoms with Crippen molar-refractivity contribution in [2.24, 2.45) is 0 Å². The maximum atomic E-state index is 12.3. The van der Waals surface area contributed by atoms with Crippen molar-refractivity contribution in [1.82, 2.24) is 10.2 Å². The van der Waals surface area contributed by atoms with Gasteiger partial charge < -0.3 is 15.0 Å². The van der Waals surface area contributed by atoms with Crippen LogP contribution in [-0.2, 0) is 11.3 Å². The molecule has 0 bridgehead atoms. The molecule has 0 saturated carbocycles. The predicted molar refractivity (Wildman–Crippen MR) is 103 cm³/mol. The van der Waals surface area contributed by atoms with Crippen molar-refractivity contribution < 1.29 is 14.3 Å². The van der Waals surface area contributed by atoms with Crippen molar-refractivity contribution in [3.05, 3.63) is 64.2 Å². The van der Waals surface area contributed by atoms with E-state index < -0.39 is 0 Å². The highest BCUT2D eigenvalue weighted by molar-refractivity contribution is 6.30. The zero-order valence-corrected chi connectivity index (χ0v) is 16.0. The SMILES string of the molecule is COc1ccc(C)cc1CN(C)C(=O)CCNC(=O)c1ccc(Cl)cc1. The van der Waals surface area contributed by atoms with Crippen LogP contribution in [0.25, 0.3) is 0 Å². The third kappa shape index (κ3) is 5.49. The van der Waals surface area contributed by atoms with Crippen LogP contribution in [-0.4, -0.2) is 37.4 Å². The van der Waals surface area contributed by atoms with Crippen molar-refractivity contribution in [3.63, 3.8) is 0 Å². The molecule has 0 unspecified atom stereocenters. The molecule has 0 fully saturated rings. The number of nitrogens with zero attached hydrogens (tertiary/aromatic N) is 1. The molecular formula is C20H23ClN2O3. The lowest BCUT2D eigenvalue weighted by atomic mass is 10.1. The van der Waals surface area contributed by atoms with Crippen molar-refractivity contribution in [2.45, 2.75) is 19.9 Å². The molecule has 0 aromatic heterocycles. The maximum Gasteiger partial charge on any atom is 0.251 e. The van der Waals surface area contributed by atoms with Crippen LogP contribution in [0.4, 0.5) is 0 Å². The molecule has 0 saturated heterocycles. The fourth-order valence-corrected chi connectivity index (χ4v) is 2.68. The number of methoxy groups -OCH3 is 1. The third-order valence-corrected chi connectivity index (χ3v) is 4.25. The molecule has 1 N–H and O–H groups in total. The van der Waals surface area contributed by atoms with Gasteiger partial charge in [-0.1, -0.05) is 29.3 Å². The smallest absolute Gasteiger partial charge is 0.251 e. The van der Waals surface area contributed by atoms with Crippen LogP contribution in [0.2, 0.25) is 5.02 Å². The highest BCUT2D eigenvalue weighted by Crippen LogP contribution is 2.21. The molecule has 2 amide bonds. The molecule has 2 aromatic carbocycles. The maximum absolute atomic E-state index is 12.3. The Morgan fingerprint density at radius 1 is 1.15 bits per heavy atom. The topological polar surface area (TPSA) is 58.6 Å². The van der Waals surface area contributed by atoms with E-state index in [0.29, 0.717) is 17.1 Å². The first-order valence-corrected chi connectivity index (χ1v) is 8.69. The fraction of sp³-hybridized carbons (Fsp3) is 0.300. The Morgan fingerprint density at radius 2 is 1.85 bits per heavy atom. The van der Waals surface area contributed by atoms with Crippen molar-refractivity contribution >= 4 is 23.4 Å². The number of nitrogens with one attached hydrogen (secondary N) is 1. The molecule has 0 aliphatic rings. The minimum Gasteiger partial charge on any atom is -0.496 e. The molecule has 0 radical (unpaired) electrons. The normalized spacial score (nSPS) is 10.3. The molecular weight excluding hydrogens is 352 g/mol. The van der Waals surface area contributed by atoms with Gasteiger partial charge >= 0.3 is 0 Å². The van der Waals surface area contributed by atoms with Gasteiger partial charge in [0, 0.05) is 42.7 Å². The summed E-state index contributed by atoms with van der Waals surface area (Å²) >= 11 is 5.80. The van der Waals surface area contributed by atoms with E-state index in [0.717, 1.165) is 16.9 Å². The average molecular weight is 375 g/mol. The van der Waals surface area contributed by atoms with Gasteiger partial charge in [-0.2, -0.15) is 0 Å². The summed E-state index contributed by atoms with van der Waals surface area (Å²) in [7, 11) is 3.35. The van der Waals surface area contributed by atoms with Crippen molar-refractivity contribution in [1.29, 1.82) is 0 Å². The first-order valence-electron chi connectivity index (χ1n) is 8.32. The number of carbonyl (C=O) groups excluding carboxylic acids is 2. The summed E-state index contributed by atoms with van der Waals surface area (Å²) in [4.78, 5) is 26.0. The Morgan fingerprint density at radius 3 is 2.50 bits per heavy atom. The molecule has 0 aliphatic carbocycles. The van der Waals surface area contributed by atoms with Crippen LogP contribution in [0.3, 0.4) is 0 Å². The van der Waals surface area contributed by atoms with E-state index in [-0.39, 0.29) is 24.8 Å². The van der Waals surface area contributed by atoms with Gasteiger partial charge in [0.1, 0.15) is 5.75 Å². The van der Waals surface area contributed by atoms with Gasteiger partial charge in [-0.15, -0.1) is 0 Å². The zero-order valence-electron chi connectivity index (χ0n) is 15.2. The molecule has 5 nitrogen and oxygen atoms in total. The third-order valence-electron chi connectivity index (χ3n) is 4.00. The molecule has 6 heteroatoms. The molecule has 0 atom stereocenters. The number of ether oxygens (including phenoxy) is 1. The number of rotatable bonds is 7.